The molecule has 0 aromatic heterocycles. The van der Waals surface area contributed by atoms with Crippen LogP contribution < -0.4 is 26.0 Å². The SMILES string of the molecule is COc1ccc(C(=O)NC(CN)CC(C)C)cc1N1CCNC1=O. The lowest BCUT2D eigenvalue weighted by atomic mass is 10.0. The highest BCUT2D eigenvalue weighted by Gasteiger charge is 2.25. The molecular weight excluding hydrogens is 308 g/mol. The largest absolute Gasteiger partial charge is 0.495 e. The van der Waals surface area contributed by atoms with Gasteiger partial charge in [-0.15, -0.1) is 0 Å². The van der Waals surface area contributed by atoms with E-state index in [1.807, 2.05) is 0 Å². The molecule has 0 spiro atoms. The Bertz CT molecular complexity index is 603. The van der Waals surface area contributed by atoms with Crippen LogP contribution in [0.4, 0.5) is 10.5 Å². The Kier molecular flexibility index (Phi) is 6.03. The van der Waals surface area contributed by atoms with Gasteiger partial charge >= 0.3 is 6.03 Å². The first-order valence-electron chi connectivity index (χ1n) is 8.20. The molecule has 24 heavy (non-hydrogen) atoms. The predicted octanol–water partition coefficient (Wildman–Crippen LogP) is 1.33. The monoisotopic (exact) mass is 334 g/mol. The number of benzene rings is 1. The van der Waals surface area contributed by atoms with Crippen molar-refractivity contribution in [2.24, 2.45) is 11.7 Å². The van der Waals surface area contributed by atoms with Crippen molar-refractivity contribution < 1.29 is 14.3 Å². The Hall–Kier alpha value is -2.28. The number of carbonyl (C=O) groups excluding carboxylic acids is 2. The second-order valence-corrected chi connectivity index (χ2v) is 6.31. The summed E-state index contributed by atoms with van der Waals surface area (Å²) in [6, 6.07) is 4.82. The second-order valence-electron chi connectivity index (χ2n) is 6.31. The van der Waals surface area contributed by atoms with E-state index in [4.69, 9.17) is 10.5 Å². The molecule has 0 bridgehead atoms. The fourth-order valence-corrected chi connectivity index (χ4v) is 2.80. The third-order valence-corrected chi connectivity index (χ3v) is 3.96. The number of anilines is 1. The summed E-state index contributed by atoms with van der Waals surface area (Å²) in [7, 11) is 1.54. The molecule has 7 heteroatoms. The van der Waals surface area contributed by atoms with Gasteiger partial charge in [-0.25, -0.2) is 4.79 Å². The fraction of sp³-hybridized carbons (Fsp3) is 0.529. The van der Waals surface area contributed by atoms with Crippen LogP contribution in [0.15, 0.2) is 18.2 Å². The summed E-state index contributed by atoms with van der Waals surface area (Å²) in [4.78, 5) is 26.0. The normalized spacial score (nSPS) is 15.4. The van der Waals surface area contributed by atoms with Gasteiger partial charge in [0.2, 0.25) is 0 Å². The van der Waals surface area contributed by atoms with Gasteiger partial charge in [-0.05, 0) is 30.5 Å². The first kappa shape index (κ1) is 18.1. The zero-order valence-corrected chi connectivity index (χ0v) is 14.5. The van der Waals surface area contributed by atoms with Crippen molar-refractivity contribution in [3.63, 3.8) is 0 Å². The smallest absolute Gasteiger partial charge is 0.322 e. The minimum absolute atomic E-state index is 0.0712. The van der Waals surface area contributed by atoms with Gasteiger partial charge in [0.15, 0.2) is 0 Å². The third kappa shape index (κ3) is 4.17. The van der Waals surface area contributed by atoms with Crippen molar-refractivity contribution >= 4 is 17.6 Å². The van der Waals surface area contributed by atoms with Crippen LogP contribution in [0.3, 0.4) is 0 Å². The van der Waals surface area contributed by atoms with E-state index in [0.29, 0.717) is 42.6 Å². The van der Waals surface area contributed by atoms with Crippen molar-refractivity contribution in [3.8, 4) is 5.75 Å². The number of rotatable bonds is 7. The highest BCUT2D eigenvalue weighted by Crippen LogP contribution is 2.30. The minimum Gasteiger partial charge on any atom is -0.495 e. The number of nitrogens with one attached hydrogen (secondary N) is 2. The Balaban J connectivity index is 2.21. The topological polar surface area (TPSA) is 96.7 Å². The molecule has 1 aromatic rings. The molecule has 0 saturated carbocycles. The number of nitrogens with two attached hydrogens (primary N) is 1. The van der Waals surface area contributed by atoms with Crippen molar-refractivity contribution in [1.29, 1.82) is 0 Å². The average molecular weight is 334 g/mol. The fourth-order valence-electron chi connectivity index (χ4n) is 2.80. The van der Waals surface area contributed by atoms with Gasteiger partial charge in [0.1, 0.15) is 5.75 Å². The summed E-state index contributed by atoms with van der Waals surface area (Å²) in [5.74, 6) is 0.800. The van der Waals surface area contributed by atoms with Crippen LogP contribution in [0.1, 0.15) is 30.6 Å². The maximum absolute atomic E-state index is 12.5. The van der Waals surface area contributed by atoms with E-state index in [1.165, 1.54) is 0 Å². The molecule has 1 heterocycles. The predicted molar refractivity (Wildman–Crippen MR) is 93.5 cm³/mol. The average Bonchev–Trinajstić information content (AvgIpc) is 2.98. The van der Waals surface area contributed by atoms with Crippen LogP contribution in [0.2, 0.25) is 0 Å². The number of carbonyl (C=O) groups is 2. The molecule has 1 aliphatic rings. The molecule has 7 nitrogen and oxygen atoms in total. The third-order valence-electron chi connectivity index (χ3n) is 3.96. The zero-order chi connectivity index (χ0) is 17.7. The Morgan fingerprint density at radius 2 is 2.21 bits per heavy atom. The Morgan fingerprint density at radius 1 is 1.46 bits per heavy atom. The van der Waals surface area contributed by atoms with E-state index in [2.05, 4.69) is 24.5 Å². The van der Waals surface area contributed by atoms with Gasteiger partial charge in [0.25, 0.3) is 5.91 Å². The van der Waals surface area contributed by atoms with Crippen LogP contribution in [0.5, 0.6) is 5.75 Å². The number of nitrogens with zero attached hydrogens (tertiary/aromatic N) is 1. The Morgan fingerprint density at radius 3 is 2.75 bits per heavy atom. The molecule has 4 N–H and O–H groups in total. The molecule has 3 amide bonds. The molecule has 2 rings (SSSR count). The number of methoxy groups -OCH3 is 1. The van der Waals surface area contributed by atoms with Gasteiger partial charge in [0.05, 0.1) is 12.8 Å². The summed E-state index contributed by atoms with van der Waals surface area (Å²) < 4.78 is 5.32. The summed E-state index contributed by atoms with van der Waals surface area (Å²) in [5, 5.41) is 5.70. The van der Waals surface area contributed by atoms with Crippen molar-refractivity contribution in [2.45, 2.75) is 26.3 Å². The number of hydrogen-bond donors (Lipinski definition) is 3. The molecule has 0 radical (unpaired) electrons. The highest BCUT2D eigenvalue weighted by molar-refractivity contribution is 6.00. The van der Waals surface area contributed by atoms with Gasteiger partial charge in [0, 0.05) is 31.2 Å². The maximum Gasteiger partial charge on any atom is 0.322 e. The number of hydrogen-bond acceptors (Lipinski definition) is 4. The van der Waals surface area contributed by atoms with Gasteiger partial charge in [-0.1, -0.05) is 13.8 Å². The quantitative estimate of drug-likeness (QED) is 0.701. The van der Waals surface area contributed by atoms with Crippen molar-refractivity contribution in [2.75, 3.05) is 31.6 Å². The van der Waals surface area contributed by atoms with Crippen LogP contribution in [-0.2, 0) is 0 Å². The van der Waals surface area contributed by atoms with E-state index in [1.54, 1.807) is 30.2 Å². The van der Waals surface area contributed by atoms with Crippen LogP contribution in [0.25, 0.3) is 0 Å². The molecule has 1 aliphatic heterocycles. The van der Waals surface area contributed by atoms with E-state index in [-0.39, 0.29) is 18.0 Å². The van der Waals surface area contributed by atoms with Crippen molar-refractivity contribution in [3.05, 3.63) is 23.8 Å². The summed E-state index contributed by atoms with van der Waals surface area (Å²) in [6.07, 6.45) is 0.819. The molecule has 1 fully saturated rings. The highest BCUT2D eigenvalue weighted by atomic mass is 16.5. The first-order valence-corrected chi connectivity index (χ1v) is 8.20. The lowest BCUT2D eigenvalue weighted by Gasteiger charge is -2.21. The molecule has 1 unspecified atom stereocenters. The minimum atomic E-state index is -0.199. The molecule has 132 valence electrons. The standard InChI is InChI=1S/C17H26N4O3/c1-11(2)8-13(10-18)20-16(22)12-4-5-15(24-3)14(9-12)21-7-6-19-17(21)23/h4-5,9,11,13H,6-8,10,18H2,1-3H3,(H,19,23)(H,20,22). The molecule has 1 aromatic carbocycles. The van der Waals surface area contributed by atoms with Gasteiger partial charge in [-0.3, -0.25) is 9.69 Å². The van der Waals surface area contributed by atoms with Gasteiger partial charge < -0.3 is 21.1 Å². The molecule has 0 aliphatic carbocycles. The second kappa shape index (κ2) is 8.01. The molecule has 1 saturated heterocycles. The summed E-state index contributed by atoms with van der Waals surface area (Å²) in [5.41, 5.74) is 6.82. The Labute approximate surface area is 142 Å². The summed E-state index contributed by atoms with van der Waals surface area (Å²) in [6.45, 7) is 5.68. The lowest BCUT2D eigenvalue weighted by molar-refractivity contribution is 0.0933. The molecule has 1 atom stereocenters. The zero-order valence-electron chi connectivity index (χ0n) is 14.5. The van der Waals surface area contributed by atoms with E-state index in [0.717, 1.165) is 6.42 Å². The van der Waals surface area contributed by atoms with E-state index in [9.17, 15) is 9.59 Å². The van der Waals surface area contributed by atoms with E-state index < -0.39 is 0 Å². The van der Waals surface area contributed by atoms with Crippen LogP contribution in [0, 0.1) is 5.92 Å². The lowest BCUT2D eigenvalue weighted by Crippen LogP contribution is -2.41. The summed E-state index contributed by atoms with van der Waals surface area (Å²) >= 11 is 0. The molecular formula is C17H26N4O3. The number of urea groups is 1. The van der Waals surface area contributed by atoms with E-state index >= 15 is 0 Å². The number of ether oxygens (including phenoxy) is 1. The number of amides is 3. The van der Waals surface area contributed by atoms with Crippen molar-refractivity contribution in [1.82, 2.24) is 10.6 Å². The van der Waals surface area contributed by atoms with Gasteiger partial charge in [-0.2, -0.15) is 0 Å². The van der Waals surface area contributed by atoms with Crippen LogP contribution in [-0.4, -0.2) is 44.7 Å². The first-order chi connectivity index (χ1) is 11.5. The maximum atomic E-state index is 12.5. The van der Waals surface area contributed by atoms with Crippen LogP contribution >= 0.6 is 0 Å².